The van der Waals surface area contributed by atoms with Crippen LogP contribution in [0.5, 0.6) is 0 Å². The number of aromatic nitrogens is 4. The van der Waals surface area contributed by atoms with Crippen molar-refractivity contribution >= 4 is 39.0 Å². The largest absolute Gasteiger partial charge is 0.394 e. The smallest absolute Gasteiger partial charge is 0.145 e. The molecule has 0 saturated carbocycles. The van der Waals surface area contributed by atoms with Crippen LogP contribution < -0.4 is 0 Å². The molecule has 5 atom stereocenters. The van der Waals surface area contributed by atoms with E-state index in [0.717, 1.165) is 21.9 Å². The van der Waals surface area contributed by atoms with Crippen molar-refractivity contribution in [2.24, 2.45) is 0 Å². The molecule has 3 aromatic rings. The first-order chi connectivity index (χ1) is 14.9. The number of methoxy groups -OCH3 is 1. The Morgan fingerprint density at radius 3 is 2.90 bits per heavy atom. The van der Waals surface area contributed by atoms with Gasteiger partial charge in [-0.2, -0.15) is 0 Å². The summed E-state index contributed by atoms with van der Waals surface area (Å²) in [6.45, 7) is 1.47. The zero-order valence-corrected chi connectivity index (χ0v) is 19.8. The van der Waals surface area contributed by atoms with Gasteiger partial charge < -0.3 is 19.7 Å². The topological polar surface area (TPSA) is 103 Å². The Morgan fingerprint density at radius 1 is 1.42 bits per heavy atom. The van der Waals surface area contributed by atoms with Crippen LogP contribution in [0.2, 0.25) is 0 Å². The summed E-state index contributed by atoms with van der Waals surface area (Å²) in [5.41, 5.74) is 0.729. The van der Waals surface area contributed by atoms with E-state index in [1.165, 1.54) is 29.2 Å². The van der Waals surface area contributed by atoms with Crippen LogP contribution in [-0.4, -0.2) is 67.7 Å². The molecule has 1 aliphatic heterocycles. The molecule has 2 unspecified atom stereocenters. The van der Waals surface area contributed by atoms with E-state index in [9.17, 15) is 14.6 Å². The van der Waals surface area contributed by atoms with Crippen LogP contribution in [0.3, 0.4) is 0 Å². The molecular formula is C19H20BrFN4O4S2. The number of ether oxygens (including phenoxy) is 2. The van der Waals surface area contributed by atoms with Crippen LogP contribution in [0.4, 0.5) is 4.39 Å². The molecule has 1 fully saturated rings. The van der Waals surface area contributed by atoms with E-state index >= 15 is 0 Å². The molecule has 0 spiro atoms. The zero-order valence-electron chi connectivity index (χ0n) is 16.6. The first-order valence-corrected chi connectivity index (χ1v) is 11.9. The molecule has 0 aliphatic carbocycles. The summed E-state index contributed by atoms with van der Waals surface area (Å²) in [7, 11) is 1.49. The molecule has 0 radical (unpaired) electrons. The minimum atomic E-state index is -1.12. The highest BCUT2D eigenvalue weighted by Gasteiger charge is 2.47. The number of hydrogen-bond acceptors (Lipinski definition) is 9. The summed E-state index contributed by atoms with van der Waals surface area (Å²) in [5, 5.41) is 31.7. The van der Waals surface area contributed by atoms with Gasteiger partial charge in [0, 0.05) is 27.6 Å². The van der Waals surface area contributed by atoms with Gasteiger partial charge in [-0.1, -0.05) is 32.9 Å². The summed E-state index contributed by atoms with van der Waals surface area (Å²) in [6, 6.07) is 3.88. The van der Waals surface area contributed by atoms with Crippen molar-refractivity contribution in [1.29, 1.82) is 0 Å². The van der Waals surface area contributed by atoms with E-state index in [2.05, 4.69) is 31.2 Å². The highest BCUT2D eigenvalue weighted by Crippen LogP contribution is 2.40. The van der Waals surface area contributed by atoms with Crippen LogP contribution in [0.15, 0.2) is 39.1 Å². The van der Waals surface area contributed by atoms with Crippen molar-refractivity contribution in [3.63, 3.8) is 0 Å². The first-order valence-electron chi connectivity index (χ1n) is 9.34. The molecule has 8 nitrogen and oxygen atoms in total. The lowest BCUT2D eigenvalue weighted by atomic mass is 9.97. The number of nitrogens with zero attached hydrogens (tertiary/aromatic N) is 4. The maximum absolute atomic E-state index is 14.4. The fourth-order valence-corrected chi connectivity index (χ4v) is 5.88. The summed E-state index contributed by atoms with van der Waals surface area (Å²) < 4.78 is 28.1. The third kappa shape index (κ3) is 4.70. The van der Waals surface area contributed by atoms with Crippen LogP contribution in [0, 0.1) is 12.7 Å². The monoisotopic (exact) mass is 530 g/mol. The second kappa shape index (κ2) is 9.61. The van der Waals surface area contributed by atoms with Gasteiger partial charge in [0.1, 0.15) is 46.3 Å². The van der Waals surface area contributed by atoms with Crippen molar-refractivity contribution in [3.05, 3.63) is 45.8 Å². The van der Waals surface area contributed by atoms with Crippen LogP contribution >= 0.6 is 39.0 Å². The Bertz CT molecular complexity index is 1050. The maximum atomic E-state index is 14.4. The van der Waals surface area contributed by atoms with E-state index in [1.807, 2.05) is 12.3 Å². The van der Waals surface area contributed by atoms with E-state index in [-0.39, 0.29) is 0 Å². The number of aliphatic hydroxyl groups is 2. The lowest BCUT2D eigenvalue weighted by molar-refractivity contribution is -0.186. The number of hydrogen-bond donors (Lipinski definition) is 2. The maximum Gasteiger partial charge on any atom is 0.145 e. The van der Waals surface area contributed by atoms with Gasteiger partial charge in [0.25, 0.3) is 0 Å². The molecule has 31 heavy (non-hydrogen) atoms. The number of aryl methyl sites for hydroxylation is 1. The Kier molecular flexibility index (Phi) is 7.06. The molecule has 0 amide bonds. The average Bonchev–Trinajstić information content (AvgIpc) is 3.40. The Morgan fingerprint density at radius 2 is 2.23 bits per heavy atom. The number of benzene rings is 1. The molecule has 2 N–H and O–H groups in total. The number of rotatable bonds is 6. The molecule has 1 aliphatic rings. The molecule has 3 heterocycles. The first kappa shape index (κ1) is 22.8. The SMILES string of the molecule is COC1[C@@H](Sc2cc(Br)ccc2F)OC(CO)[C@H](O)[C@@H]1n1cc(-c2nc(C)cs2)nn1. The van der Waals surface area contributed by atoms with Crippen molar-refractivity contribution in [3.8, 4) is 10.7 Å². The second-order valence-electron chi connectivity index (χ2n) is 6.98. The molecule has 1 saturated heterocycles. The van der Waals surface area contributed by atoms with Crippen molar-refractivity contribution in [1.82, 2.24) is 20.0 Å². The minimum Gasteiger partial charge on any atom is -0.394 e. The van der Waals surface area contributed by atoms with Crippen molar-refractivity contribution < 1.29 is 24.1 Å². The number of aliphatic hydroxyl groups excluding tert-OH is 2. The quantitative estimate of drug-likeness (QED) is 0.501. The second-order valence-corrected chi connectivity index (χ2v) is 9.89. The fraction of sp³-hybridized carbons (Fsp3) is 0.421. The summed E-state index contributed by atoms with van der Waals surface area (Å²) >= 11 is 5.91. The van der Waals surface area contributed by atoms with E-state index in [4.69, 9.17) is 9.47 Å². The summed E-state index contributed by atoms with van der Waals surface area (Å²) in [4.78, 5) is 4.76. The van der Waals surface area contributed by atoms with E-state index in [1.54, 1.807) is 18.3 Å². The molecule has 1 aromatic carbocycles. The number of halogens is 2. The number of thiazole rings is 1. The summed E-state index contributed by atoms with van der Waals surface area (Å²) in [6.07, 6.45) is -1.04. The van der Waals surface area contributed by atoms with Crippen LogP contribution in [0.25, 0.3) is 10.7 Å². The van der Waals surface area contributed by atoms with Gasteiger partial charge >= 0.3 is 0 Å². The van der Waals surface area contributed by atoms with E-state index < -0.39 is 42.2 Å². The zero-order chi connectivity index (χ0) is 22.1. The molecule has 12 heteroatoms. The van der Waals surface area contributed by atoms with Gasteiger partial charge in [-0.25, -0.2) is 14.1 Å². The lowest BCUT2D eigenvalue weighted by Crippen LogP contribution is -2.55. The minimum absolute atomic E-state index is 0.353. The molecule has 0 bridgehead atoms. The average molecular weight is 531 g/mol. The van der Waals surface area contributed by atoms with Gasteiger partial charge in [-0.3, -0.25) is 0 Å². The third-order valence-corrected chi connectivity index (χ3v) is 7.54. The molecule has 2 aromatic heterocycles. The fourth-order valence-electron chi connectivity index (χ4n) is 3.39. The van der Waals surface area contributed by atoms with Crippen molar-refractivity contribution in [2.75, 3.05) is 13.7 Å². The molecule has 166 valence electrons. The third-order valence-electron chi connectivity index (χ3n) is 4.89. The predicted octanol–water partition coefficient (Wildman–Crippen LogP) is 3.04. The number of thioether (sulfide) groups is 1. The Balaban J connectivity index is 1.66. The van der Waals surface area contributed by atoms with Gasteiger partial charge in [-0.15, -0.1) is 16.4 Å². The highest BCUT2D eigenvalue weighted by atomic mass is 79.9. The predicted molar refractivity (Wildman–Crippen MR) is 117 cm³/mol. The Labute approximate surface area is 194 Å². The van der Waals surface area contributed by atoms with Gasteiger partial charge in [0.05, 0.1) is 12.8 Å². The van der Waals surface area contributed by atoms with Crippen molar-refractivity contribution in [2.45, 2.75) is 41.6 Å². The highest BCUT2D eigenvalue weighted by molar-refractivity contribution is 9.10. The summed E-state index contributed by atoms with van der Waals surface area (Å²) in [5.74, 6) is -0.406. The Hall–Kier alpha value is -1.41. The van der Waals surface area contributed by atoms with Gasteiger partial charge in [0.2, 0.25) is 0 Å². The normalized spacial score (nSPS) is 26.3. The molecule has 4 rings (SSSR count). The van der Waals surface area contributed by atoms with Gasteiger partial charge in [0.15, 0.2) is 0 Å². The standard InChI is InChI=1S/C19H20BrFN4O4S2/c1-9-8-30-18(22-9)12-6-25(24-23-12)15-16(27)13(7-26)29-19(17(15)28-2)31-14-5-10(20)3-4-11(14)21/h3-6,8,13,15-17,19,26-27H,7H2,1-2H3/t13?,15-,16-,17?,19+/m0/s1. The lowest BCUT2D eigenvalue weighted by Gasteiger charge is -2.43. The van der Waals surface area contributed by atoms with Crippen LogP contribution in [0.1, 0.15) is 11.7 Å². The van der Waals surface area contributed by atoms with Crippen LogP contribution in [-0.2, 0) is 9.47 Å². The molecular weight excluding hydrogens is 511 g/mol. The van der Waals surface area contributed by atoms with Gasteiger partial charge in [-0.05, 0) is 25.1 Å². The van der Waals surface area contributed by atoms with E-state index in [0.29, 0.717) is 15.6 Å².